The number of amides is 1. The van der Waals surface area contributed by atoms with Crippen LogP contribution in [0.4, 0.5) is 14.5 Å². The molecule has 120 valence electrons. The van der Waals surface area contributed by atoms with Gasteiger partial charge in [-0.05, 0) is 36.2 Å². The Kier molecular flexibility index (Phi) is 3.96. The fourth-order valence-corrected chi connectivity index (χ4v) is 2.87. The summed E-state index contributed by atoms with van der Waals surface area (Å²) >= 11 is 0. The molecule has 3 rings (SSSR count). The van der Waals surface area contributed by atoms with Gasteiger partial charge in [-0.25, -0.2) is 8.78 Å². The first kappa shape index (κ1) is 15.4. The molecule has 0 spiro atoms. The van der Waals surface area contributed by atoms with Crippen molar-refractivity contribution in [2.75, 3.05) is 11.4 Å². The van der Waals surface area contributed by atoms with E-state index >= 15 is 0 Å². The highest BCUT2D eigenvalue weighted by Gasteiger charge is 2.33. The van der Waals surface area contributed by atoms with Crippen LogP contribution in [0.1, 0.15) is 28.5 Å². The number of aliphatic hydroxyl groups is 1. The molecule has 2 atom stereocenters. The zero-order valence-electron chi connectivity index (χ0n) is 12.1. The van der Waals surface area contributed by atoms with Crippen molar-refractivity contribution in [1.29, 1.82) is 0 Å². The number of aliphatic hydroxyl groups excluding tert-OH is 1. The van der Waals surface area contributed by atoms with Crippen LogP contribution in [0.5, 0.6) is 0 Å². The number of halogens is 2. The maximum absolute atomic E-state index is 13.5. The molecule has 1 aliphatic rings. The molecule has 2 unspecified atom stereocenters. The number of nitrogens with zero attached hydrogens (tertiary/aromatic N) is 2. The number of primary amides is 1. The average Bonchev–Trinajstić information content (AvgIpc) is 2.92. The average molecular weight is 319 g/mol. The minimum absolute atomic E-state index is 0.105. The Morgan fingerprint density at radius 2 is 2.04 bits per heavy atom. The Balaban J connectivity index is 1.98. The second kappa shape index (κ2) is 5.92. The highest BCUT2D eigenvalue weighted by Crippen LogP contribution is 2.36. The maximum Gasteiger partial charge on any atom is 0.267 e. The number of hydrogen-bond acceptors (Lipinski definition) is 4. The molecule has 2 aromatic rings. The van der Waals surface area contributed by atoms with E-state index in [0.717, 1.165) is 12.1 Å². The molecule has 23 heavy (non-hydrogen) atoms. The van der Waals surface area contributed by atoms with Gasteiger partial charge in [0.1, 0.15) is 5.69 Å². The molecule has 0 saturated carbocycles. The fourth-order valence-electron chi connectivity index (χ4n) is 2.87. The van der Waals surface area contributed by atoms with Crippen molar-refractivity contribution in [1.82, 2.24) is 4.98 Å². The third-order valence-electron chi connectivity index (χ3n) is 3.94. The molecule has 0 radical (unpaired) electrons. The van der Waals surface area contributed by atoms with E-state index in [2.05, 4.69) is 4.98 Å². The van der Waals surface area contributed by atoms with Crippen LogP contribution in [0.25, 0.3) is 0 Å². The van der Waals surface area contributed by atoms with Gasteiger partial charge in [0.05, 0.1) is 12.1 Å². The van der Waals surface area contributed by atoms with Crippen LogP contribution in [-0.4, -0.2) is 28.6 Å². The van der Waals surface area contributed by atoms with Gasteiger partial charge in [0, 0.05) is 18.4 Å². The summed E-state index contributed by atoms with van der Waals surface area (Å²) in [5.41, 5.74) is 6.53. The molecule has 1 amide bonds. The zero-order chi connectivity index (χ0) is 16.6. The van der Waals surface area contributed by atoms with E-state index in [1.807, 2.05) is 4.90 Å². The SMILES string of the molecule is NC(=O)c1cc(N2CC(O)CC2c2ccc(F)c(F)c2)ccn1. The third-order valence-corrected chi connectivity index (χ3v) is 3.94. The molecule has 7 heteroatoms. The fraction of sp³-hybridized carbons (Fsp3) is 0.250. The van der Waals surface area contributed by atoms with Crippen LogP contribution in [0.15, 0.2) is 36.5 Å². The van der Waals surface area contributed by atoms with Crippen LogP contribution in [-0.2, 0) is 0 Å². The van der Waals surface area contributed by atoms with Gasteiger partial charge in [0.2, 0.25) is 0 Å². The molecule has 3 N–H and O–H groups in total. The van der Waals surface area contributed by atoms with Crippen molar-refractivity contribution >= 4 is 11.6 Å². The first-order valence-electron chi connectivity index (χ1n) is 7.11. The van der Waals surface area contributed by atoms with Gasteiger partial charge >= 0.3 is 0 Å². The number of aromatic nitrogens is 1. The van der Waals surface area contributed by atoms with Gasteiger partial charge in [-0.1, -0.05) is 6.07 Å². The lowest BCUT2D eigenvalue weighted by Crippen LogP contribution is -2.25. The molecule has 1 aromatic carbocycles. The minimum Gasteiger partial charge on any atom is -0.391 e. The van der Waals surface area contributed by atoms with Gasteiger partial charge < -0.3 is 15.7 Å². The Morgan fingerprint density at radius 3 is 2.74 bits per heavy atom. The lowest BCUT2D eigenvalue weighted by molar-refractivity contribution is 0.0995. The van der Waals surface area contributed by atoms with E-state index in [0.29, 0.717) is 24.2 Å². The summed E-state index contributed by atoms with van der Waals surface area (Å²) < 4.78 is 26.6. The summed E-state index contributed by atoms with van der Waals surface area (Å²) in [7, 11) is 0. The number of rotatable bonds is 3. The summed E-state index contributed by atoms with van der Waals surface area (Å²) in [6.45, 7) is 0.311. The van der Waals surface area contributed by atoms with Crippen molar-refractivity contribution in [3.05, 3.63) is 59.4 Å². The molecular weight excluding hydrogens is 304 g/mol. The van der Waals surface area contributed by atoms with Crippen LogP contribution in [0.2, 0.25) is 0 Å². The minimum atomic E-state index is -0.934. The van der Waals surface area contributed by atoms with Gasteiger partial charge in [0.15, 0.2) is 11.6 Å². The van der Waals surface area contributed by atoms with Crippen molar-refractivity contribution in [3.63, 3.8) is 0 Å². The number of carbonyl (C=O) groups is 1. The van der Waals surface area contributed by atoms with Crippen LogP contribution in [0.3, 0.4) is 0 Å². The topological polar surface area (TPSA) is 79.5 Å². The van der Waals surface area contributed by atoms with Crippen LogP contribution < -0.4 is 10.6 Å². The van der Waals surface area contributed by atoms with E-state index in [1.165, 1.54) is 18.3 Å². The Labute approximate surface area is 131 Å². The first-order valence-corrected chi connectivity index (χ1v) is 7.11. The molecule has 1 aliphatic heterocycles. The van der Waals surface area contributed by atoms with Gasteiger partial charge in [-0.3, -0.25) is 9.78 Å². The zero-order valence-corrected chi connectivity index (χ0v) is 12.1. The van der Waals surface area contributed by atoms with E-state index in [9.17, 15) is 18.7 Å². The number of pyridine rings is 1. The number of β-amino-alcohol motifs (C(OH)–C–C–N with tert-alkyl or cyclic N) is 1. The Hall–Kier alpha value is -2.54. The number of benzene rings is 1. The quantitative estimate of drug-likeness (QED) is 0.904. The van der Waals surface area contributed by atoms with Gasteiger partial charge in [-0.15, -0.1) is 0 Å². The maximum atomic E-state index is 13.5. The van der Waals surface area contributed by atoms with Gasteiger partial charge in [-0.2, -0.15) is 0 Å². The summed E-state index contributed by atoms with van der Waals surface area (Å²) in [5.74, 6) is -2.51. The van der Waals surface area contributed by atoms with Crippen molar-refractivity contribution in [2.24, 2.45) is 5.73 Å². The summed E-state index contributed by atoms with van der Waals surface area (Å²) in [6.07, 6.45) is 1.21. The molecule has 1 fully saturated rings. The third kappa shape index (κ3) is 3.00. The Bertz CT molecular complexity index is 754. The van der Waals surface area contributed by atoms with E-state index in [-0.39, 0.29) is 11.7 Å². The second-order valence-electron chi connectivity index (χ2n) is 5.49. The highest BCUT2D eigenvalue weighted by atomic mass is 19.2. The molecule has 2 heterocycles. The molecule has 0 bridgehead atoms. The van der Waals surface area contributed by atoms with E-state index < -0.39 is 23.6 Å². The number of nitrogens with two attached hydrogens (primary N) is 1. The lowest BCUT2D eigenvalue weighted by Gasteiger charge is -2.27. The predicted molar refractivity (Wildman–Crippen MR) is 79.8 cm³/mol. The monoisotopic (exact) mass is 319 g/mol. The largest absolute Gasteiger partial charge is 0.391 e. The summed E-state index contributed by atoms with van der Waals surface area (Å²) in [4.78, 5) is 17.0. The number of hydrogen-bond donors (Lipinski definition) is 2. The predicted octanol–water partition coefficient (Wildman–Crippen LogP) is 1.77. The first-order chi connectivity index (χ1) is 11.0. The molecular formula is C16H15F2N3O2. The van der Waals surface area contributed by atoms with Crippen LogP contribution in [0, 0.1) is 11.6 Å². The van der Waals surface area contributed by atoms with Crippen molar-refractivity contribution < 1.29 is 18.7 Å². The Morgan fingerprint density at radius 1 is 1.26 bits per heavy atom. The van der Waals surface area contributed by atoms with Gasteiger partial charge in [0.25, 0.3) is 5.91 Å². The van der Waals surface area contributed by atoms with Crippen molar-refractivity contribution in [2.45, 2.75) is 18.6 Å². The molecule has 0 aliphatic carbocycles. The summed E-state index contributed by atoms with van der Waals surface area (Å²) in [6, 6.07) is 6.55. The normalized spacial score (nSPS) is 20.7. The van der Waals surface area contributed by atoms with E-state index in [4.69, 9.17) is 5.73 Å². The van der Waals surface area contributed by atoms with Crippen LogP contribution >= 0.6 is 0 Å². The molecule has 1 saturated heterocycles. The number of anilines is 1. The van der Waals surface area contributed by atoms with E-state index in [1.54, 1.807) is 6.07 Å². The smallest absolute Gasteiger partial charge is 0.267 e. The number of carbonyl (C=O) groups excluding carboxylic acids is 1. The van der Waals surface area contributed by atoms with Crippen molar-refractivity contribution in [3.8, 4) is 0 Å². The highest BCUT2D eigenvalue weighted by molar-refractivity contribution is 5.91. The lowest BCUT2D eigenvalue weighted by atomic mass is 10.0. The second-order valence-corrected chi connectivity index (χ2v) is 5.49. The summed E-state index contributed by atoms with van der Waals surface area (Å²) in [5, 5.41) is 9.98. The molecule has 1 aromatic heterocycles. The standard InChI is InChI=1S/C16H15F2N3O2/c17-12-2-1-9(5-13(12)18)15-7-11(22)8-21(15)10-3-4-20-14(6-10)16(19)23/h1-6,11,15,22H,7-8H2,(H2,19,23). The molecule has 5 nitrogen and oxygen atoms in total.